The maximum atomic E-state index is 13.2. The van der Waals surface area contributed by atoms with Crippen LogP contribution in [0.5, 0.6) is 5.75 Å². The van der Waals surface area contributed by atoms with Crippen LogP contribution in [-0.4, -0.2) is 14.7 Å². The maximum Gasteiger partial charge on any atom is 0.268 e. The molecular weight excluding hydrogens is 340 g/mol. The highest BCUT2D eigenvalue weighted by molar-refractivity contribution is 7.71. The molecule has 6 heteroatoms. The SMILES string of the molecule is Cc1ccc(O)c(-n2c(=S)[nH]c3sc4c(c3c2=O)CC[C@H](C)C4)c1. The van der Waals surface area contributed by atoms with Gasteiger partial charge in [-0.2, -0.15) is 0 Å². The van der Waals surface area contributed by atoms with Crippen molar-refractivity contribution >= 4 is 33.8 Å². The molecule has 0 aliphatic heterocycles. The number of benzene rings is 1. The first kappa shape index (κ1) is 15.6. The van der Waals surface area contributed by atoms with Crippen LogP contribution in [0, 0.1) is 17.6 Å². The van der Waals surface area contributed by atoms with Crippen molar-refractivity contribution in [2.75, 3.05) is 0 Å². The monoisotopic (exact) mass is 358 g/mol. The number of nitrogens with zero attached hydrogens (tertiary/aromatic N) is 1. The lowest BCUT2D eigenvalue weighted by molar-refractivity contribution is 0.471. The third-order valence-electron chi connectivity index (χ3n) is 4.72. The van der Waals surface area contributed by atoms with E-state index in [0.29, 0.717) is 16.4 Å². The van der Waals surface area contributed by atoms with E-state index >= 15 is 0 Å². The van der Waals surface area contributed by atoms with Crippen molar-refractivity contribution in [1.82, 2.24) is 9.55 Å². The van der Waals surface area contributed by atoms with Gasteiger partial charge in [0.2, 0.25) is 0 Å². The van der Waals surface area contributed by atoms with Gasteiger partial charge in [-0.1, -0.05) is 13.0 Å². The number of nitrogens with one attached hydrogen (secondary N) is 1. The molecule has 1 aromatic carbocycles. The highest BCUT2D eigenvalue weighted by atomic mass is 32.1. The second-order valence-corrected chi connectivity index (χ2v) is 8.11. The lowest BCUT2D eigenvalue weighted by Crippen LogP contribution is -2.21. The number of aromatic amines is 1. The standard InChI is InChI=1S/C18H18N2O2S2/c1-9-4-6-13(21)12(7-9)20-17(22)15-11-5-3-10(2)8-14(11)24-16(15)19-18(20)23/h4,6-7,10,21H,3,5,8H2,1-2H3,(H,19,23)/t10-/m0/s1. The summed E-state index contributed by atoms with van der Waals surface area (Å²) < 4.78 is 1.74. The summed E-state index contributed by atoms with van der Waals surface area (Å²) in [6.07, 6.45) is 3.05. The number of H-pyrrole nitrogens is 1. The molecule has 3 aromatic rings. The van der Waals surface area contributed by atoms with Crippen molar-refractivity contribution in [3.63, 3.8) is 0 Å². The molecule has 2 aromatic heterocycles. The molecule has 0 saturated carbocycles. The van der Waals surface area contributed by atoms with Gasteiger partial charge in [0, 0.05) is 4.88 Å². The largest absolute Gasteiger partial charge is 0.506 e. The number of thiophene rings is 1. The van der Waals surface area contributed by atoms with Crippen molar-refractivity contribution in [3.8, 4) is 11.4 Å². The van der Waals surface area contributed by atoms with E-state index in [2.05, 4.69) is 11.9 Å². The molecule has 4 rings (SSSR count). The van der Waals surface area contributed by atoms with Crippen molar-refractivity contribution in [2.24, 2.45) is 5.92 Å². The maximum absolute atomic E-state index is 13.2. The Morgan fingerprint density at radius 2 is 2.21 bits per heavy atom. The van der Waals surface area contributed by atoms with Crippen LogP contribution >= 0.6 is 23.6 Å². The number of aryl methyl sites for hydroxylation is 2. The van der Waals surface area contributed by atoms with E-state index in [0.717, 1.165) is 40.6 Å². The summed E-state index contributed by atoms with van der Waals surface area (Å²) in [5.41, 5.74) is 2.42. The van der Waals surface area contributed by atoms with E-state index in [-0.39, 0.29) is 11.3 Å². The van der Waals surface area contributed by atoms with Crippen molar-refractivity contribution < 1.29 is 5.11 Å². The second-order valence-electron chi connectivity index (χ2n) is 6.62. The molecule has 1 aliphatic carbocycles. The van der Waals surface area contributed by atoms with Gasteiger partial charge in [-0.25, -0.2) is 4.57 Å². The lowest BCUT2D eigenvalue weighted by atomic mass is 9.89. The van der Waals surface area contributed by atoms with E-state index in [9.17, 15) is 9.90 Å². The molecule has 0 saturated heterocycles. The molecule has 4 nitrogen and oxygen atoms in total. The molecule has 124 valence electrons. The van der Waals surface area contributed by atoms with Crippen LogP contribution in [-0.2, 0) is 12.8 Å². The molecule has 0 bridgehead atoms. The van der Waals surface area contributed by atoms with Gasteiger partial charge in [0.15, 0.2) is 4.77 Å². The zero-order valence-electron chi connectivity index (χ0n) is 13.5. The van der Waals surface area contributed by atoms with E-state index in [1.807, 2.05) is 13.0 Å². The molecule has 2 N–H and O–H groups in total. The van der Waals surface area contributed by atoms with Crippen LogP contribution in [0.1, 0.15) is 29.3 Å². The minimum absolute atomic E-state index is 0.0549. The van der Waals surface area contributed by atoms with Crippen LogP contribution in [0.2, 0.25) is 0 Å². The Hall–Kier alpha value is -1.92. The first-order chi connectivity index (χ1) is 11.5. The number of hydrogen-bond acceptors (Lipinski definition) is 4. The Morgan fingerprint density at radius 1 is 1.42 bits per heavy atom. The van der Waals surface area contributed by atoms with Gasteiger partial charge in [-0.05, 0) is 67.6 Å². The number of rotatable bonds is 1. The quantitative estimate of drug-likeness (QED) is 0.640. The van der Waals surface area contributed by atoms with Gasteiger partial charge < -0.3 is 10.1 Å². The van der Waals surface area contributed by atoms with Crippen molar-refractivity contribution in [3.05, 3.63) is 49.3 Å². The van der Waals surface area contributed by atoms with E-state index in [4.69, 9.17) is 12.2 Å². The number of phenols is 1. The summed E-state index contributed by atoms with van der Waals surface area (Å²) in [7, 11) is 0. The number of aromatic nitrogens is 2. The summed E-state index contributed by atoms with van der Waals surface area (Å²) in [5, 5.41) is 10.9. The molecule has 1 aliphatic rings. The Balaban J connectivity index is 2.06. The highest BCUT2D eigenvalue weighted by Crippen LogP contribution is 2.36. The zero-order valence-corrected chi connectivity index (χ0v) is 15.2. The van der Waals surface area contributed by atoms with Gasteiger partial charge in [0.05, 0.1) is 11.1 Å². The number of fused-ring (bicyclic) bond motifs is 3. The van der Waals surface area contributed by atoms with Crippen molar-refractivity contribution in [1.29, 1.82) is 0 Å². The molecule has 0 amide bonds. The normalized spacial score (nSPS) is 17.2. The third kappa shape index (κ3) is 2.32. The summed E-state index contributed by atoms with van der Waals surface area (Å²) in [6.45, 7) is 4.17. The predicted octanol–water partition coefficient (Wildman–Crippen LogP) is 4.25. The zero-order chi connectivity index (χ0) is 17.0. The fourth-order valence-corrected chi connectivity index (χ4v) is 5.20. The van der Waals surface area contributed by atoms with Crippen LogP contribution in [0.15, 0.2) is 23.0 Å². The van der Waals surface area contributed by atoms with Gasteiger partial charge >= 0.3 is 0 Å². The predicted molar refractivity (Wildman–Crippen MR) is 100 cm³/mol. The smallest absolute Gasteiger partial charge is 0.268 e. The molecule has 0 radical (unpaired) electrons. The number of phenolic OH excluding ortho intramolecular Hbond substituents is 1. The first-order valence-corrected chi connectivity index (χ1v) is 9.27. The summed E-state index contributed by atoms with van der Waals surface area (Å²) in [5.74, 6) is 0.704. The topological polar surface area (TPSA) is 58.0 Å². The molecule has 0 unspecified atom stereocenters. The fraction of sp³-hybridized carbons (Fsp3) is 0.333. The average Bonchev–Trinajstić information content (AvgIpc) is 2.87. The number of aromatic hydroxyl groups is 1. The summed E-state index contributed by atoms with van der Waals surface area (Å²) >= 11 is 7.06. The van der Waals surface area contributed by atoms with Gasteiger partial charge in [0.1, 0.15) is 10.6 Å². The lowest BCUT2D eigenvalue weighted by Gasteiger charge is -2.17. The van der Waals surface area contributed by atoms with Crippen LogP contribution < -0.4 is 5.56 Å². The molecule has 24 heavy (non-hydrogen) atoms. The minimum Gasteiger partial charge on any atom is -0.506 e. The Morgan fingerprint density at radius 3 is 3.00 bits per heavy atom. The van der Waals surface area contributed by atoms with Crippen LogP contribution in [0.4, 0.5) is 0 Å². The third-order valence-corrected chi connectivity index (χ3v) is 6.18. The summed E-state index contributed by atoms with van der Waals surface area (Å²) in [4.78, 5) is 18.5. The molecule has 0 fully saturated rings. The molecule has 0 spiro atoms. The second kappa shape index (κ2) is 5.57. The number of hydrogen-bond donors (Lipinski definition) is 2. The van der Waals surface area contributed by atoms with Gasteiger partial charge in [0.25, 0.3) is 5.56 Å². The molecule has 2 heterocycles. The molecular formula is C18H18N2O2S2. The molecule has 1 atom stereocenters. The fourth-order valence-electron chi connectivity index (χ4n) is 3.45. The van der Waals surface area contributed by atoms with Gasteiger partial charge in [-0.15, -0.1) is 11.3 Å². The van der Waals surface area contributed by atoms with Crippen LogP contribution in [0.3, 0.4) is 0 Å². The first-order valence-electron chi connectivity index (χ1n) is 8.05. The van der Waals surface area contributed by atoms with E-state index in [1.165, 1.54) is 9.44 Å². The van der Waals surface area contributed by atoms with E-state index in [1.54, 1.807) is 23.5 Å². The van der Waals surface area contributed by atoms with Crippen LogP contribution in [0.25, 0.3) is 15.9 Å². The average molecular weight is 358 g/mol. The van der Waals surface area contributed by atoms with Gasteiger partial charge in [-0.3, -0.25) is 4.79 Å². The Labute approximate surface area is 148 Å². The van der Waals surface area contributed by atoms with Crippen molar-refractivity contribution in [2.45, 2.75) is 33.1 Å². The Bertz CT molecular complexity index is 1080. The minimum atomic E-state index is -0.137. The Kier molecular flexibility index (Phi) is 3.62. The van der Waals surface area contributed by atoms with E-state index < -0.39 is 0 Å². The highest BCUT2D eigenvalue weighted by Gasteiger charge is 2.24. The summed E-state index contributed by atoms with van der Waals surface area (Å²) in [6, 6.07) is 5.19.